The first-order valence-corrected chi connectivity index (χ1v) is 6.84. The van der Waals surface area contributed by atoms with Crippen molar-refractivity contribution in [2.45, 2.75) is 45.3 Å². The molecule has 2 unspecified atom stereocenters. The van der Waals surface area contributed by atoms with Crippen molar-refractivity contribution in [3.63, 3.8) is 0 Å². The second kappa shape index (κ2) is 9.83. The van der Waals surface area contributed by atoms with Gasteiger partial charge in [-0.15, -0.1) is 0 Å². The quantitative estimate of drug-likeness (QED) is 0.593. The minimum atomic E-state index is 0.238. The Labute approximate surface area is 105 Å². The Morgan fingerprint density at radius 2 is 2.24 bits per heavy atom. The Kier molecular flexibility index (Phi) is 8.61. The monoisotopic (exact) mass is 245 g/mol. The van der Waals surface area contributed by atoms with Crippen molar-refractivity contribution < 1.29 is 14.2 Å². The zero-order valence-electron chi connectivity index (χ0n) is 11.2. The van der Waals surface area contributed by atoms with E-state index in [0.717, 1.165) is 32.7 Å². The van der Waals surface area contributed by atoms with Crippen molar-refractivity contribution >= 4 is 0 Å². The minimum absolute atomic E-state index is 0.238. The molecule has 1 fully saturated rings. The van der Waals surface area contributed by atoms with Gasteiger partial charge < -0.3 is 19.5 Å². The lowest BCUT2D eigenvalue weighted by molar-refractivity contribution is 0.0115. The van der Waals surface area contributed by atoms with Crippen LogP contribution in [0.1, 0.15) is 33.1 Å². The summed E-state index contributed by atoms with van der Waals surface area (Å²) in [4.78, 5) is 0. The fourth-order valence-corrected chi connectivity index (χ4v) is 1.87. The highest BCUT2D eigenvalue weighted by Gasteiger charge is 2.14. The van der Waals surface area contributed by atoms with Crippen LogP contribution in [0.25, 0.3) is 0 Å². The first-order chi connectivity index (χ1) is 8.33. The Hall–Kier alpha value is -0.160. The zero-order chi connectivity index (χ0) is 12.3. The molecule has 0 aromatic carbocycles. The molecule has 0 aromatic heterocycles. The van der Waals surface area contributed by atoms with Gasteiger partial charge in [0.2, 0.25) is 0 Å². The second-order valence-electron chi connectivity index (χ2n) is 4.59. The van der Waals surface area contributed by atoms with E-state index in [0.29, 0.717) is 19.3 Å². The fourth-order valence-electron chi connectivity index (χ4n) is 1.87. The van der Waals surface area contributed by atoms with Crippen LogP contribution in [0.4, 0.5) is 0 Å². The maximum Gasteiger partial charge on any atom is 0.0704 e. The molecule has 0 saturated carbocycles. The minimum Gasteiger partial charge on any atom is -0.379 e. The van der Waals surface area contributed by atoms with Gasteiger partial charge in [-0.1, -0.05) is 6.92 Å². The van der Waals surface area contributed by atoms with E-state index >= 15 is 0 Å². The van der Waals surface area contributed by atoms with E-state index in [4.69, 9.17) is 14.2 Å². The van der Waals surface area contributed by atoms with Crippen LogP contribution in [0, 0.1) is 0 Å². The molecule has 4 heteroatoms. The molecule has 0 aromatic rings. The maximum absolute atomic E-state index is 5.62. The SMILES string of the molecule is CCCOCCOC(C)CNCC1CCCO1. The lowest BCUT2D eigenvalue weighted by atomic mass is 10.2. The Morgan fingerprint density at radius 3 is 2.94 bits per heavy atom. The summed E-state index contributed by atoms with van der Waals surface area (Å²) < 4.78 is 16.5. The molecule has 0 spiro atoms. The summed E-state index contributed by atoms with van der Waals surface area (Å²) in [6.45, 7) is 9.16. The maximum atomic E-state index is 5.62. The van der Waals surface area contributed by atoms with Crippen LogP contribution in [0.15, 0.2) is 0 Å². The third-order valence-electron chi connectivity index (χ3n) is 2.81. The van der Waals surface area contributed by atoms with Crippen molar-refractivity contribution in [2.75, 3.05) is 39.5 Å². The highest BCUT2D eigenvalue weighted by Crippen LogP contribution is 2.10. The molecule has 1 aliphatic rings. The molecule has 0 bridgehead atoms. The standard InChI is InChI=1S/C13H27NO3/c1-3-6-15-8-9-16-12(2)10-14-11-13-5-4-7-17-13/h12-14H,3-11H2,1-2H3. The molecule has 0 amide bonds. The summed E-state index contributed by atoms with van der Waals surface area (Å²) >= 11 is 0. The van der Waals surface area contributed by atoms with E-state index in [2.05, 4.69) is 19.2 Å². The Morgan fingerprint density at radius 1 is 1.35 bits per heavy atom. The van der Waals surface area contributed by atoms with Crippen LogP contribution in [-0.2, 0) is 14.2 Å². The lowest BCUT2D eigenvalue weighted by Gasteiger charge is -2.16. The van der Waals surface area contributed by atoms with Crippen LogP contribution >= 0.6 is 0 Å². The highest BCUT2D eigenvalue weighted by molar-refractivity contribution is 4.68. The van der Waals surface area contributed by atoms with Gasteiger partial charge in [0.25, 0.3) is 0 Å². The van der Waals surface area contributed by atoms with Gasteiger partial charge in [0, 0.05) is 26.3 Å². The lowest BCUT2D eigenvalue weighted by Crippen LogP contribution is -2.33. The average molecular weight is 245 g/mol. The van der Waals surface area contributed by atoms with Gasteiger partial charge in [0.15, 0.2) is 0 Å². The summed E-state index contributed by atoms with van der Waals surface area (Å²) in [5, 5.41) is 3.39. The average Bonchev–Trinajstić information content (AvgIpc) is 2.82. The van der Waals surface area contributed by atoms with Gasteiger partial charge in [-0.05, 0) is 26.2 Å². The first-order valence-electron chi connectivity index (χ1n) is 6.84. The fraction of sp³-hybridized carbons (Fsp3) is 1.00. The number of rotatable bonds is 10. The van der Waals surface area contributed by atoms with Crippen LogP contribution in [-0.4, -0.2) is 51.7 Å². The molecule has 1 N–H and O–H groups in total. The molecule has 17 heavy (non-hydrogen) atoms. The Balaban J connectivity index is 1.84. The summed E-state index contributed by atoms with van der Waals surface area (Å²) in [5.41, 5.74) is 0. The molecular weight excluding hydrogens is 218 g/mol. The van der Waals surface area contributed by atoms with E-state index in [1.165, 1.54) is 12.8 Å². The molecule has 1 aliphatic heterocycles. The molecule has 2 atom stereocenters. The van der Waals surface area contributed by atoms with Gasteiger partial charge in [0.1, 0.15) is 0 Å². The Bertz CT molecular complexity index is 172. The zero-order valence-corrected chi connectivity index (χ0v) is 11.2. The molecule has 0 radical (unpaired) electrons. The first kappa shape index (κ1) is 14.9. The van der Waals surface area contributed by atoms with Crippen molar-refractivity contribution in [3.8, 4) is 0 Å². The predicted octanol–water partition coefficient (Wildman–Crippen LogP) is 1.59. The van der Waals surface area contributed by atoms with Crippen LogP contribution < -0.4 is 5.32 Å². The molecular formula is C13H27NO3. The highest BCUT2D eigenvalue weighted by atomic mass is 16.5. The van der Waals surface area contributed by atoms with Gasteiger partial charge in [0.05, 0.1) is 25.4 Å². The van der Waals surface area contributed by atoms with Gasteiger partial charge in [-0.25, -0.2) is 0 Å². The number of ether oxygens (including phenoxy) is 3. The molecule has 0 aliphatic carbocycles. The molecule has 1 saturated heterocycles. The van der Waals surface area contributed by atoms with Crippen molar-refractivity contribution in [1.29, 1.82) is 0 Å². The number of hydrogen-bond donors (Lipinski definition) is 1. The largest absolute Gasteiger partial charge is 0.379 e. The molecule has 4 nitrogen and oxygen atoms in total. The van der Waals surface area contributed by atoms with Crippen LogP contribution in [0.3, 0.4) is 0 Å². The number of hydrogen-bond acceptors (Lipinski definition) is 4. The van der Waals surface area contributed by atoms with E-state index in [1.807, 2.05) is 0 Å². The normalized spacial score (nSPS) is 21.9. The summed E-state index contributed by atoms with van der Waals surface area (Å²) in [6, 6.07) is 0. The van der Waals surface area contributed by atoms with E-state index in [-0.39, 0.29) is 6.10 Å². The van der Waals surface area contributed by atoms with Crippen molar-refractivity contribution in [1.82, 2.24) is 5.32 Å². The number of nitrogens with one attached hydrogen (secondary N) is 1. The van der Waals surface area contributed by atoms with Crippen molar-refractivity contribution in [3.05, 3.63) is 0 Å². The van der Waals surface area contributed by atoms with Gasteiger partial charge in [-0.3, -0.25) is 0 Å². The predicted molar refractivity (Wildman–Crippen MR) is 68.4 cm³/mol. The van der Waals surface area contributed by atoms with Crippen LogP contribution in [0.2, 0.25) is 0 Å². The molecule has 102 valence electrons. The van der Waals surface area contributed by atoms with Crippen molar-refractivity contribution in [2.24, 2.45) is 0 Å². The van der Waals surface area contributed by atoms with E-state index in [1.54, 1.807) is 0 Å². The van der Waals surface area contributed by atoms with Crippen LogP contribution in [0.5, 0.6) is 0 Å². The van der Waals surface area contributed by atoms with E-state index < -0.39 is 0 Å². The van der Waals surface area contributed by atoms with E-state index in [9.17, 15) is 0 Å². The molecule has 1 heterocycles. The summed E-state index contributed by atoms with van der Waals surface area (Å²) in [7, 11) is 0. The smallest absolute Gasteiger partial charge is 0.0704 e. The summed E-state index contributed by atoms with van der Waals surface area (Å²) in [5.74, 6) is 0. The summed E-state index contributed by atoms with van der Waals surface area (Å²) in [6.07, 6.45) is 4.11. The topological polar surface area (TPSA) is 39.7 Å². The second-order valence-corrected chi connectivity index (χ2v) is 4.59. The molecule has 1 rings (SSSR count). The third kappa shape index (κ3) is 7.71. The van der Waals surface area contributed by atoms with Gasteiger partial charge >= 0.3 is 0 Å². The van der Waals surface area contributed by atoms with Gasteiger partial charge in [-0.2, -0.15) is 0 Å². The third-order valence-corrected chi connectivity index (χ3v) is 2.81.